The van der Waals surface area contributed by atoms with Crippen LogP contribution in [0.15, 0.2) is 53.7 Å². The molecule has 1 N–H and O–H groups in total. The molecule has 4 rings (SSSR count). The molecule has 176 valence electrons. The summed E-state index contributed by atoms with van der Waals surface area (Å²) in [5, 5.41) is 21.6. The number of nitriles is 1. The molecular weight excluding hydrogens is 446 g/mol. The summed E-state index contributed by atoms with van der Waals surface area (Å²) in [6.45, 7) is 4.14. The Kier molecular flexibility index (Phi) is 7.53. The summed E-state index contributed by atoms with van der Waals surface area (Å²) in [4.78, 5) is 13.0. The molecule has 2 aromatic carbocycles. The van der Waals surface area contributed by atoms with E-state index in [-0.39, 0.29) is 11.9 Å². The molecule has 0 bridgehead atoms. The minimum absolute atomic E-state index is 0.176. The van der Waals surface area contributed by atoms with Crippen LogP contribution in [0.5, 0.6) is 5.75 Å². The minimum atomic E-state index is -0.419. The molecule has 3 aromatic rings. The number of anilines is 1. The maximum absolute atomic E-state index is 13.0. The molecule has 34 heavy (non-hydrogen) atoms. The number of rotatable bonds is 7. The monoisotopic (exact) mass is 475 g/mol. The first kappa shape index (κ1) is 23.8. The van der Waals surface area contributed by atoms with Gasteiger partial charge >= 0.3 is 0 Å². The molecule has 1 saturated carbocycles. The molecular formula is C26H29N5O2S. The highest BCUT2D eigenvalue weighted by Gasteiger charge is 2.30. The lowest BCUT2D eigenvalue weighted by atomic mass is 9.85. The zero-order valence-corrected chi connectivity index (χ0v) is 20.5. The SMILES string of the molecule is COc1ccc(-c2nnc(S[C@H](C)C(=O)Nc3ccccc3C#N)n2[C@@H]2CCCC[C@@H]2C)cc1. The smallest absolute Gasteiger partial charge is 0.237 e. The zero-order chi connectivity index (χ0) is 24.1. The molecule has 1 aliphatic rings. The van der Waals surface area contributed by atoms with Crippen molar-refractivity contribution in [2.75, 3.05) is 12.4 Å². The van der Waals surface area contributed by atoms with Crippen molar-refractivity contribution in [3.8, 4) is 23.2 Å². The summed E-state index contributed by atoms with van der Waals surface area (Å²) >= 11 is 1.40. The third-order valence-corrected chi connectivity index (χ3v) is 7.42. The van der Waals surface area contributed by atoms with Gasteiger partial charge in [0.2, 0.25) is 5.91 Å². The summed E-state index contributed by atoms with van der Waals surface area (Å²) < 4.78 is 7.53. The Morgan fingerprint density at radius 1 is 1.18 bits per heavy atom. The van der Waals surface area contributed by atoms with Crippen molar-refractivity contribution in [1.82, 2.24) is 14.8 Å². The largest absolute Gasteiger partial charge is 0.497 e. The molecule has 8 heteroatoms. The van der Waals surface area contributed by atoms with E-state index in [1.54, 1.807) is 31.4 Å². The fourth-order valence-electron chi connectivity index (χ4n) is 4.41. The van der Waals surface area contributed by atoms with Crippen molar-refractivity contribution in [3.63, 3.8) is 0 Å². The van der Waals surface area contributed by atoms with E-state index in [2.05, 4.69) is 33.1 Å². The van der Waals surface area contributed by atoms with Crippen LogP contribution in [0.2, 0.25) is 0 Å². The summed E-state index contributed by atoms with van der Waals surface area (Å²) in [7, 11) is 1.65. The standard InChI is InChI=1S/C26H29N5O2S/c1-17-8-4-7-11-23(17)31-24(19-12-14-21(33-3)15-13-19)29-30-26(31)34-18(2)25(32)28-22-10-6-5-9-20(22)16-27/h5-6,9-10,12-15,17-18,23H,4,7-8,11H2,1-3H3,(H,28,32)/t17-,18+,23+/m0/s1. The van der Waals surface area contributed by atoms with Crippen molar-refractivity contribution in [1.29, 1.82) is 5.26 Å². The number of benzene rings is 2. The van der Waals surface area contributed by atoms with Crippen LogP contribution in [0.4, 0.5) is 5.69 Å². The molecule has 0 unspecified atom stereocenters. The Morgan fingerprint density at radius 3 is 2.62 bits per heavy atom. The molecule has 0 spiro atoms. The number of methoxy groups -OCH3 is 1. The molecule has 1 aromatic heterocycles. The Hall–Kier alpha value is -3.31. The third kappa shape index (κ3) is 5.10. The van der Waals surface area contributed by atoms with Crippen molar-refractivity contribution in [2.45, 2.75) is 56.0 Å². The molecule has 0 radical (unpaired) electrons. The van der Waals surface area contributed by atoms with Crippen molar-refractivity contribution in [3.05, 3.63) is 54.1 Å². The number of nitrogens with one attached hydrogen (secondary N) is 1. The number of thioether (sulfide) groups is 1. The van der Waals surface area contributed by atoms with Crippen molar-refractivity contribution >= 4 is 23.4 Å². The van der Waals surface area contributed by atoms with E-state index < -0.39 is 5.25 Å². The van der Waals surface area contributed by atoms with Crippen LogP contribution in [0, 0.1) is 17.2 Å². The fraction of sp³-hybridized carbons (Fsp3) is 0.385. The maximum Gasteiger partial charge on any atom is 0.237 e. The van der Waals surface area contributed by atoms with E-state index in [0.717, 1.165) is 35.1 Å². The van der Waals surface area contributed by atoms with E-state index >= 15 is 0 Å². The van der Waals surface area contributed by atoms with Gasteiger partial charge in [0.15, 0.2) is 11.0 Å². The lowest BCUT2D eigenvalue weighted by Crippen LogP contribution is -2.25. The van der Waals surface area contributed by atoms with Crippen LogP contribution in [0.25, 0.3) is 11.4 Å². The highest BCUT2D eigenvalue weighted by atomic mass is 32.2. The van der Waals surface area contributed by atoms with Crippen LogP contribution in [-0.2, 0) is 4.79 Å². The Balaban J connectivity index is 1.62. The average molecular weight is 476 g/mol. The van der Waals surface area contributed by atoms with Gasteiger partial charge in [0.25, 0.3) is 0 Å². The Bertz CT molecular complexity index is 1180. The van der Waals surface area contributed by atoms with Crippen LogP contribution < -0.4 is 10.1 Å². The van der Waals surface area contributed by atoms with Crippen LogP contribution in [0.1, 0.15) is 51.1 Å². The normalized spacial score (nSPS) is 18.6. The topological polar surface area (TPSA) is 92.8 Å². The molecule has 1 aliphatic carbocycles. The van der Waals surface area contributed by atoms with E-state index in [4.69, 9.17) is 4.74 Å². The number of amides is 1. The maximum atomic E-state index is 13.0. The number of aromatic nitrogens is 3. The highest BCUT2D eigenvalue weighted by Crippen LogP contribution is 2.40. The van der Waals surface area contributed by atoms with E-state index in [9.17, 15) is 10.1 Å². The van der Waals surface area contributed by atoms with Gasteiger partial charge in [0.1, 0.15) is 11.8 Å². The van der Waals surface area contributed by atoms with Gasteiger partial charge in [-0.25, -0.2) is 0 Å². The van der Waals surface area contributed by atoms with Gasteiger partial charge in [0, 0.05) is 11.6 Å². The second kappa shape index (κ2) is 10.7. The van der Waals surface area contributed by atoms with Crippen LogP contribution in [0.3, 0.4) is 0 Å². The summed E-state index contributed by atoms with van der Waals surface area (Å²) in [6, 6.07) is 17.2. The Morgan fingerprint density at radius 2 is 1.91 bits per heavy atom. The average Bonchev–Trinajstić information content (AvgIpc) is 3.27. The van der Waals surface area contributed by atoms with E-state index in [1.165, 1.54) is 24.6 Å². The number of carbonyl (C=O) groups excluding carboxylic acids is 1. The van der Waals surface area contributed by atoms with E-state index in [1.807, 2.05) is 31.2 Å². The quantitative estimate of drug-likeness (QED) is 0.441. The number of hydrogen-bond acceptors (Lipinski definition) is 6. The van der Waals surface area contributed by atoms with Gasteiger partial charge < -0.3 is 10.1 Å². The first-order valence-corrected chi connectivity index (χ1v) is 12.5. The number of nitrogens with zero attached hydrogens (tertiary/aromatic N) is 4. The van der Waals surface area contributed by atoms with Crippen molar-refractivity contribution in [2.24, 2.45) is 5.92 Å². The van der Waals surface area contributed by atoms with Gasteiger partial charge in [-0.2, -0.15) is 5.26 Å². The molecule has 1 heterocycles. The number of ether oxygens (including phenoxy) is 1. The first-order valence-electron chi connectivity index (χ1n) is 11.6. The summed E-state index contributed by atoms with van der Waals surface area (Å²) in [6.07, 6.45) is 4.62. The van der Waals surface area contributed by atoms with Crippen molar-refractivity contribution < 1.29 is 9.53 Å². The second-order valence-corrected chi connectivity index (χ2v) is 9.95. The fourth-order valence-corrected chi connectivity index (χ4v) is 5.31. The van der Waals surface area contributed by atoms with E-state index in [0.29, 0.717) is 17.2 Å². The molecule has 0 aliphatic heterocycles. The zero-order valence-electron chi connectivity index (χ0n) is 19.7. The lowest BCUT2D eigenvalue weighted by molar-refractivity contribution is -0.115. The number of hydrogen-bond donors (Lipinski definition) is 1. The van der Waals surface area contributed by atoms with Crippen LogP contribution in [-0.4, -0.2) is 33.0 Å². The molecule has 0 saturated heterocycles. The predicted octanol–water partition coefficient (Wildman–Crippen LogP) is 5.70. The summed E-state index contributed by atoms with van der Waals surface area (Å²) in [5.41, 5.74) is 1.93. The third-order valence-electron chi connectivity index (χ3n) is 6.37. The minimum Gasteiger partial charge on any atom is -0.497 e. The Labute approximate surface area is 204 Å². The number of carbonyl (C=O) groups is 1. The van der Waals surface area contributed by atoms with Gasteiger partial charge in [-0.15, -0.1) is 10.2 Å². The van der Waals surface area contributed by atoms with Crippen LogP contribution >= 0.6 is 11.8 Å². The molecule has 7 nitrogen and oxygen atoms in total. The summed E-state index contributed by atoms with van der Waals surface area (Å²) in [5.74, 6) is 1.92. The molecule has 3 atom stereocenters. The first-order chi connectivity index (χ1) is 16.5. The van der Waals surface area contributed by atoms with Gasteiger partial charge in [-0.3, -0.25) is 9.36 Å². The highest BCUT2D eigenvalue weighted by molar-refractivity contribution is 8.00. The van der Waals surface area contributed by atoms with Gasteiger partial charge in [-0.05, 0) is 62.1 Å². The molecule has 1 fully saturated rings. The second-order valence-electron chi connectivity index (χ2n) is 8.64. The van der Waals surface area contributed by atoms with Gasteiger partial charge in [-0.1, -0.05) is 43.7 Å². The predicted molar refractivity (Wildman–Crippen MR) is 134 cm³/mol. The lowest BCUT2D eigenvalue weighted by Gasteiger charge is -2.31. The molecule has 1 amide bonds. The number of para-hydroxylation sites is 1. The van der Waals surface area contributed by atoms with Gasteiger partial charge in [0.05, 0.1) is 23.6 Å².